The fourth-order valence-electron chi connectivity index (χ4n) is 2.27. The Hall–Kier alpha value is -2.54. The normalized spacial score (nSPS) is 11.0. The van der Waals surface area contributed by atoms with Gasteiger partial charge in [-0.25, -0.2) is 9.78 Å². The molecule has 1 aromatic carbocycles. The highest BCUT2D eigenvalue weighted by Crippen LogP contribution is 2.34. The number of furan rings is 1. The highest BCUT2D eigenvalue weighted by atomic mass is 32.1. The van der Waals surface area contributed by atoms with Gasteiger partial charge in [0.25, 0.3) is 0 Å². The van der Waals surface area contributed by atoms with Gasteiger partial charge in [-0.05, 0) is 32.9 Å². The van der Waals surface area contributed by atoms with Crippen LogP contribution in [-0.4, -0.2) is 23.7 Å². The first-order valence-electron chi connectivity index (χ1n) is 7.75. The number of amides is 2. The lowest BCUT2D eigenvalue weighted by molar-refractivity contribution is 0.250. The van der Waals surface area contributed by atoms with Crippen LogP contribution < -0.4 is 15.4 Å². The molecule has 0 saturated carbocycles. The molecule has 2 heterocycles. The van der Waals surface area contributed by atoms with E-state index in [-0.39, 0.29) is 12.1 Å². The monoisotopic (exact) mass is 345 g/mol. The van der Waals surface area contributed by atoms with Gasteiger partial charge in [0.05, 0.1) is 6.61 Å². The Morgan fingerprint density at radius 3 is 3.00 bits per heavy atom. The van der Waals surface area contributed by atoms with Crippen molar-refractivity contribution in [3.63, 3.8) is 0 Å². The number of nitrogens with one attached hydrogen (secondary N) is 2. The molecule has 0 fully saturated rings. The Labute approximate surface area is 143 Å². The standard InChI is InChI=1S/C17H19N3O3S/c1-4-22-13-7-5-6-11-8-14(23-15(11)13)12-9-24-17(19-12)20-16(21)18-10(2)3/h5-10H,4H2,1-3H3,(H2,18,19,20,21). The number of nitrogens with zero attached hydrogens (tertiary/aromatic N) is 1. The molecule has 0 bridgehead atoms. The number of urea groups is 1. The summed E-state index contributed by atoms with van der Waals surface area (Å²) in [4.78, 5) is 16.1. The number of thiazole rings is 1. The van der Waals surface area contributed by atoms with Crippen molar-refractivity contribution >= 4 is 33.5 Å². The molecule has 24 heavy (non-hydrogen) atoms. The quantitative estimate of drug-likeness (QED) is 0.714. The van der Waals surface area contributed by atoms with E-state index in [1.807, 2.05) is 50.4 Å². The van der Waals surface area contributed by atoms with Crippen LogP contribution in [0.1, 0.15) is 20.8 Å². The van der Waals surface area contributed by atoms with Gasteiger partial charge in [-0.2, -0.15) is 0 Å². The molecule has 7 heteroatoms. The second-order valence-electron chi connectivity index (χ2n) is 5.51. The number of hydrogen-bond acceptors (Lipinski definition) is 5. The largest absolute Gasteiger partial charge is 0.490 e. The number of hydrogen-bond donors (Lipinski definition) is 2. The molecule has 0 saturated heterocycles. The van der Waals surface area contributed by atoms with Crippen LogP contribution in [0.4, 0.5) is 9.93 Å². The van der Waals surface area contributed by atoms with E-state index in [2.05, 4.69) is 15.6 Å². The summed E-state index contributed by atoms with van der Waals surface area (Å²) >= 11 is 1.35. The molecule has 0 unspecified atom stereocenters. The van der Waals surface area contributed by atoms with Crippen LogP contribution in [0.25, 0.3) is 22.4 Å². The first kappa shape index (κ1) is 16.3. The molecule has 3 aromatic rings. The van der Waals surface area contributed by atoms with Crippen LogP contribution >= 0.6 is 11.3 Å². The van der Waals surface area contributed by atoms with Crippen molar-refractivity contribution in [1.29, 1.82) is 0 Å². The SMILES string of the molecule is CCOc1cccc2cc(-c3csc(NC(=O)NC(C)C)n3)oc12. The van der Waals surface area contributed by atoms with Crippen molar-refractivity contribution in [2.45, 2.75) is 26.8 Å². The summed E-state index contributed by atoms with van der Waals surface area (Å²) in [6.45, 7) is 6.31. The van der Waals surface area contributed by atoms with Gasteiger partial charge in [-0.3, -0.25) is 5.32 Å². The van der Waals surface area contributed by atoms with Gasteiger partial charge in [0.1, 0.15) is 5.69 Å². The summed E-state index contributed by atoms with van der Waals surface area (Å²) in [6.07, 6.45) is 0. The molecule has 2 N–H and O–H groups in total. The third-order valence-corrected chi connectivity index (χ3v) is 3.96. The second kappa shape index (κ2) is 6.92. The zero-order chi connectivity index (χ0) is 17.1. The van der Waals surface area contributed by atoms with Crippen molar-refractivity contribution < 1.29 is 13.9 Å². The average Bonchev–Trinajstić information content (AvgIpc) is 3.13. The lowest BCUT2D eigenvalue weighted by Crippen LogP contribution is -2.34. The smallest absolute Gasteiger partial charge is 0.321 e. The topological polar surface area (TPSA) is 76.4 Å². The lowest BCUT2D eigenvalue weighted by Gasteiger charge is -2.07. The number of rotatable bonds is 5. The van der Waals surface area contributed by atoms with Gasteiger partial charge in [-0.15, -0.1) is 11.3 Å². The van der Waals surface area contributed by atoms with E-state index >= 15 is 0 Å². The predicted octanol–water partition coefficient (Wildman–Crippen LogP) is 4.48. The number of aromatic nitrogens is 1. The minimum absolute atomic E-state index is 0.0665. The minimum Gasteiger partial charge on any atom is -0.490 e. The Kier molecular flexibility index (Phi) is 4.71. The average molecular weight is 345 g/mol. The highest BCUT2D eigenvalue weighted by Gasteiger charge is 2.14. The maximum Gasteiger partial charge on any atom is 0.321 e. The fourth-order valence-corrected chi connectivity index (χ4v) is 2.97. The van der Waals surface area contributed by atoms with Crippen LogP contribution in [-0.2, 0) is 0 Å². The number of ether oxygens (including phenoxy) is 1. The molecule has 2 amide bonds. The number of para-hydroxylation sites is 1. The first-order valence-corrected chi connectivity index (χ1v) is 8.63. The van der Waals surface area contributed by atoms with Gasteiger partial charge < -0.3 is 14.5 Å². The molecule has 6 nitrogen and oxygen atoms in total. The van der Waals surface area contributed by atoms with Gasteiger partial charge >= 0.3 is 6.03 Å². The molecular formula is C17H19N3O3S. The summed E-state index contributed by atoms with van der Waals surface area (Å²) in [5.41, 5.74) is 1.38. The lowest BCUT2D eigenvalue weighted by atomic mass is 10.2. The molecule has 0 spiro atoms. The van der Waals surface area contributed by atoms with E-state index in [9.17, 15) is 4.79 Å². The molecule has 126 valence electrons. The highest BCUT2D eigenvalue weighted by molar-refractivity contribution is 7.14. The zero-order valence-electron chi connectivity index (χ0n) is 13.8. The molecule has 0 aliphatic carbocycles. The molecule has 2 aromatic heterocycles. The van der Waals surface area contributed by atoms with Crippen LogP contribution in [0, 0.1) is 0 Å². The van der Waals surface area contributed by atoms with Crippen molar-refractivity contribution in [3.05, 3.63) is 29.6 Å². The molecule has 0 aliphatic heterocycles. The Morgan fingerprint density at radius 1 is 1.42 bits per heavy atom. The zero-order valence-corrected chi connectivity index (χ0v) is 14.6. The summed E-state index contributed by atoms with van der Waals surface area (Å²) in [7, 11) is 0. The predicted molar refractivity (Wildman–Crippen MR) is 95.8 cm³/mol. The summed E-state index contributed by atoms with van der Waals surface area (Å²) < 4.78 is 11.5. The van der Waals surface area contributed by atoms with E-state index in [0.29, 0.717) is 34.5 Å². The molecule has 0 radical (unpaired) electrons. The van der Waals surface area contributed by atoms with Crippen LogP contribution in [0.2, 0.25) is 0 Å². The maximum atomic E-state index is 11.7. The van der Waals surface area contributed by atoms with E-state index in [0.717, 1.165) is 5.39 Å². The van der Waals surface area contributed by atoms with Crippen LogP contribution in [0.15, 0.2) is 34.1 Å². The van der Waals surface area contributed by atoms with Gasteiger partial charge in [0.15, 0.2) is 22.2 Å². The Balaban J connectivity index is 1.83. The van der Waals surface area contributed by atoms with E-state index < -0.39 is 0 Å². The first-order chi connectivity index (χ1) is 11.6. The second-order valence-corrected chi connectivity index (χ2v) is 6.37. The number of fused-ring (bicyclic) bond motifs is 1. The summed E-state index contributed by atoms with van der Waals surface area (Å²) in [5.74, 6) is 1.36. The van der Waals surface area contributed by atoms with Crippen LogP contribution in [0.3, 0.4) is 0 Å². The molecular weight excluding hydrogens is 326 g/mol. The van der Waals surface area contributed by atoms with Gasteiger partial charge in [-0.1, -0.05) is 12.1 Å². The molecule has 0 aliphatic rings. The Bertz CT molecular complexity index is 854. The number of carbonyl (C=O) groups excluding carboxylic acids is 1. The number of carbonyl (C=O) groups is 1. The summed E-state index contributed by atoms with van der Waals surface area (Å²) in [6, 6.07) is 7.49. The molecule has 3 rings (SSSR count). The van der Waals surface area contributed by atoms with Crippen LogP contribution in [0.5, 0.6) is 5.75 Å². The van der Waals surface area contributed by atoms with Crippen molar-refractivity contribution in [2.24, 2.45) is 0 Å². The number of benzene rings is 1. The minimum atomic E-state index is -0.269. The van der Waals surface area contributed by atoms with E-state index in [4.69, 9.17) is 9.15 Å². The maximum absolute atomic E-state index is 11.7. The third-order valence-electron chi connectivity index (χ3n) is 3.20. The van der Waals surface area contributed by atoms with E-state index in [1.165, 1.54) is 11.3 Å². The number of anilines is 1. The third kappa shape index (κ3) is 3.51. The fraction of sp³-hybridized carbons (Fsp3) is 0.294. The van der Waals surface area contributed by atoms with Gasteiger partial charge in [0.2, 0.25) is 0 Å². The van der Waals surface area contributed by atoms with E-state index in [1.54, 1.807) is 0 Å². The summed E-state index contributed by atoms with van der Waals surface area (Å²) in [5, 5.41) is 8.81. The molecule has 0 atom stereocenters. The Morgan fingerprint density at radius 2 is 2.25 bits per heavy atom. The van der Waals surface area contributed by atoms with Crippen molar-refractivity contribution in [3.8, 4) is 17.2 Å². The van der Waals surface area contributed by atoms with Crippen molar-refractivity contribution in [1.82, 2.24) is 10.3 Å². The van der Waals surface area contributed by atoms with Gasteiger partial charge in [0, 0.05) is 16.8 Å². The van der Waals surface area contributed by atoms with Crippen molar-refractivity contribution in [2.75, 3.05) is 11.9 Å².